The minimum absolute atomic E-state index is 0.00685. The van der Waals surface area contributed by atoms with Gasteiger partial charge in [0.25, 0.3) is 5.91 Å². The number of benzene rings is 1. The molecule has 3 rings (SSSR count). The van der Waals surface area contributed by atoms with Crippen molar-refractivity contribution in [2.45, 2.75) is 44.4 Å². The summed E-state index contributed by atoms with van der Waals surface area (Å²) in [5, 5.41) is 11.5. The zero-order chi connectivity index (χ0) is 14.2. The summed E-state index contributed by atoms with van der Waals surface area (Å²) in [5.41, 5.74) is 1.18. The maximum absolute atomic E-state index is 12.1. The van der Waals surface area contributed by atoms with Crippen molar-refractivity contribution in [1.29, 1.82) is 0 Å². The predicted molar refractivity (Wildman–Crippen MR) is 72.6 cm³/mol. The van der Waals surface area contributed by atoms with Gasteiger partial charge in [-0.2, -0.15) is 0 Å². The topological polar surface area (TPSA) is 69.6 Å². The van der Waals surface area contributed by atoms with Gasteiger partial charge in [0.15, 0.2) is 0 Å². The van der Waals surface area contributed by atoms with Gasteiger partial charge >= 0.3 is 6.03 Å². The number of imide groups is 1. The van der Waals surface area contributed by atoms with Crippen LogP contribution in [-0.4, -0.2) is 27.5 Å². The highest BCUT2D eigenvalue weighted by Crippen LogP contribution is 2.39. The molecule has 0 radical (unpaired) electrons. The zero-order valence-electron chi connectivity index (χ0n) is 11.3. The first-order valence-electron chi connectivity index (χ1n) is 6.97. The second kappa shape index (κ2) is 4.90. The predicted octanol–water partition coefficient (Wildman–Crippen LogP) is 1.54. The van der Waals surface area contributed by atoms with Gasteiger partial charge in [-0.05, 0) is 24.0 Å². The highest BCUT2D eigenvalue weighted by molar-refractivity contribution is 6.07. The van der Waals surface area contributed by atoms with Crippen LogP contribution in [-0.2, 0) is 17.9 Å². The van der Waals surface area contributed by atoms with Crippen molar-refractivity contribution in [3.05, 3.63) is 35.4 Å². The lowest BCUT2D eigenvalue weighted by molar-refractivity contribution is -0.126. The van der Waals surface area contributed by atoms with Crippen molar-refractivity contribution < 1.29 is 14.7 Å². The summed E-state index contributed by atoms with van der Waals surface area (Å²) in [7, 11) is 0. The lowest BCUT2D eigenvalue weighted by atomic mass is 9.95. The molecule has 1 heterocycles. The Morgan fingerprint density at radius 1 is 1.10 bits per heavy atom. The minimum Gasteiger partial charge on any atom is -0.392 e. The van der Waals surface area contributed by atoms with Crippen LogP contribution in [0.2, 0.25) is 0 Å². The molecule has 1 spiro atoms. The van der Waals surface area contributed by atoms with Crippen LogP contribution in [0.1, 0.15) is 36.8 Å². The quantitative estimate of drug-likeness (QED) is 0.821. The molecule has 1 aliphatic heterocycles. The molecule has 5 nitrogen and oxygen atoms in total. The van der Waals surface area contributed by atoms with Crippen molar-refractivity contribution in [3.8, 4) is 0 Å². The molecule has 3 amide bonds. The van der Waals surface area contributed by atoms with Gasteiger partial charge in [0, 0.05) is 6.54 Å². The van der Waals surface area contributed by atoms with E-state index in [-0.39, 0.29) is 18.5 Å². The molecule has 1 aromatic rings. The standard InChI is InChI=1S/C15H18N2O3/c18-10-12-5-3-11(4-6-12)9-17-14(20)16-13(19)15(17)7-1-2-8-15/h3-6,18H,1-2,7-10H2,(H,16,19,20). The number of carbonyl (C=O) groups is 2. The Kier molecular flexibility index (Phi) is 3.22. The van der Waals surface area contributed by atoms with Crippen LogP contribution in [0.5, 0.6) is 0 Å². The number of aliphatic hydroxyl groups is 1. The Morgan fingerprint density at radius 3 is 2.30 bits per heavy atom. The third-order valence-electron chi connectivity index (χ3n) is 4.38. The molecule has 0 atom stereocenters. The van der Waals surface area contributed by atoms with Gasteiger partial charge in [-0.1, -0.05) is 37.1 Å². The molecular formula is C15H18N2O3. The van der Waals surface area contributed by atoms with E-state index in [9.17, 15) is 9.59 Å². The van der Waals surface area contributed by atoms with Crippen LogP contribution >= 0.6 is 0 Å². The first-order valence-corrected chi connectivity index (χ1v) is 6.97. The summed E-state index contributed by atoms with van der Waals surface area (Å²) in [4.78, 5) is 25.8. The number of hydrogen-bond donors (Lipinski definition) is 2. The van der Waals surface area contributed by atoms with E-state index in [1.165, 1.54) is 0 Å². The van der Waals surface area contributed by atoms with Gasteiger partial charge < -0.3 is 10.0 Å². The summed E-state index contributed by atoms with van der Waals surface area (Å²) in [6.07, 6.45) is 3.47. The fourth-order valence-corrected chi connectivity index (χ4v) is 3.21. The van der Waals surface area contributed by atoms with E-state index < -0.39 is 5.54 Å². The molecule has 1 aliphatic carbocycles. The normalized spacial score (nSPS) is 20.8. The number of amides is 3. The Labute approximate surface area is 117 Å². The van der Waals surface area contributed by atoms with E-state index in [0.717, 1.165) is 36.8 Å². The number of nitrogens with zero attached hydrogens (tertiary/aromatic N) is 1. The molecule has 2 aliphatic rings. The molecule has 0 unspecified atom stereocenters. The van der Waals surface area contributed by atoms with Crippen LogP contribution in [0.4, 0.5) is 4.79 Å². The number of hydrogen-bond acceptors (Lipinski definition) is 3. The van der Waals surface area contributed by atoms with Crippen LogP contribution in [0.3, 0.4) is 0 Å². The molecule has 1 saturated heterocycles. The van der Waals surface area contributed by atoms with Crippen molar-refractivity contribution >= 4 is 11.9 Å². The van der Waals surface area contributed by atoms with Gasteiger partial charge in [0.2, 0.25) is 0 Å². The van der Waals surface area contributed by atoms with Crippen LogP contribution in [0.25, 0.3) is 0 Å². The maximum atomic E-state index is 12.1. The largest absolute Gasteiger partial charge is 0.392 e. The fraction of sp³-hybridized carbons (Fsp3) is 0.467. The van der Waals surface area contributed by atoms with Crippen LogP contribution in [0, 0.1) is 0 Å². The third kappa shape index (κ3) is 1.98. The van der Waals surface area contributed by atoms with E-state index in [1.807, 2.05) is 24.3 Å². The Morgan fingerprint density at radius 2 is 1.70 bits per heavy atom. The summed E-state index contributed by atoms with van der Waals surface area (Å²) < 4.78 is 0. The van der Waals surface area contributed by atoms with Crippen LogP contribution < -0.4 is 5.32 Å². The van der Waals surface area contributed by atoms with Gasteiger partial charge in [0.1, 0.15) is 5.54 Å². The first-order chi connectivity index (χ1) is 9.65. The average molecular weight is 274 g/mol. The maximum Gasteiger partial charge on any atom is 0.325 e. The molecule has 0 aromatic heterocycles. The molecule has 1 saturated carbocycles. The summed E-state index contributed by atoms with van der Waals surface area (Å²) in [6, 6.07) is 7.18. The lowest BCUT2D eigenvalue weighted by Gasteiger charge is -2.31. The average Bonchev–Trinajstić information content (AvgIpc) is 3.03. The van der Waals surface area contributed by atoms with Gasteiger partial charge in [-0.25, -0.2) is 4.79 Å². The minimum atomic E-state index is -0.632. The molecular weight excluding hydrogens is 256 g/mol. The van der Waals surface area contributed by atoms with Crippen molar-refractivity contribution in [1.82, 2.24) is 10.2 Å². The second-order valence-electron chi connectivity index (χ2n) is 5.56. The summed E-state index contributed by atoms with van der Waals surface area (Å²) >= 11 is 0. The number of nitrogens with one attached hydrogen (secondary N) is 1. The van der Waals surface area contributed by atoms with Crippen molar-refractivity contribution in [2.75, 3.05) is 0 Å². The highest BCUT2D eigenvalue weighted by Gasteiger charge is 2.53. The van der Waals surface area contributed by atoms with Gasteiger partial charge in [-0.3, -0.25) is 10.1 Å². The van der Waals surface area contributed by atoms with Gasteiger partial charge in [0.05, 0.1) is 6.61 Å². The summed E-state index contributed by atoms with van der Waals surface area (Å²) in [6.45, 7) is 0.441. The first kappa shape index (κ1) is 13.1. The lowest BCUT2D eigenvalue weighted by Crippen LogP contribution is -2.46. The fourth-order valence-electron chi connectivity index (χ4n) is 3.21. The molecule has 1 aromatic carbocycles. The number of rotatable bonds is 3. The zero-order valence-corrected chi connectivity index (χ0v) is 11.3. The van der Waals surface area contributed by atoms with E-state index in [0.29, 0.717) is 6.54 Å². The molecule has 106 valence electrons. The second-order valence-corrected chi connectivity index (χ2v) is 5.56. The smallest absolute Gasteiger partial charge is 0.325 e. The van der Waals surface area contributed by atoms with E-state index in [2.05, 4.69) is 5.32 Å². The van der Waals surface area contributed by atoms with E-state index in [4.69, 9.17) is 5.11 Å². The Bertz CT molecular complexity index is 533. The van der Waals surface area contributed by atoms with Gasteiger partial charge in [-0.15, -0.1) is 0 Å². The number of carbonyl (C=O) groups excluding carboxylic acids is 2. The molecule has 0 bridgehead atoms. The third-order valence-corrected chi connectivity index (χ3v) is 4.38. The molecule has 2 N–H and O–H groups in total. The number of urea groups is 1. The molecule has 20 heavy (non-hydrogen) atoms. The molecule has 2 fully saturated rings. The highest BCUT2D eigenvalue weighted by atomic mass is 16.3. The van der Waals surface area contributed by atoms with Crippen molar-refractivity contribution in [2.24, 2.45) is 0 Å². The SMILES string of the molecule is O=C1NC(=O)C2(CCCC2)N1Cc1ccc(CO)cc1. The number of aliphatic hydroxyl groups excluding tert-OH is 1. The Hall–Kier alpha value is -1.88. The summed E-state index contributed by atoms with van der Waals surface area (Å²) in [5.74, 6) is -0.146. The van der Waals surface area contributed by atoms with E-state index >= 15 is 0 Å². The monoisotopic (exact) mass is 274 g/mol. The molecule has 5 heteroatoms. The van der Waals surface area contributed by atoms with E-state index in [1.54, 1.807) is 4.90 Å². The van der Waals surface area contributed by atoms with Crippen LogP contribution in [0.15, 0.2) is 24.3 Å². The Balaban J connectivity index is 1.84. The van der Waals surface area contributed by atoms with Crippen molar-refractivity contribution in [3.63, 3.8) is 0 Å².